The average Bonchev–Trinajstić information content (AvgIpc) is 2.29. The summed E-state index contributed by atoms with van der Waals surface area (Å²) in [6.07, 6.45) is 5.20. The second-order valence-corrected chi connectivity index (χ2v) is 9.26. The van der Waals surface area contributed by atoms with Gasteiger partial charge >= 0.3 is 0 Å². The minimum absolute atomic E-state index is 0.188. The van der Waals surface area contributed by atoms with Crippen molar-refractivity contribution in [3.63, 3.8) is 0 Å². The molecular weight excluding hydrogens is 279 g/mol. The molecule has 0 radical (unpaired) electrons. The first-order chi connectivity index (χ1) is 7.33. The minimum atomic E-state index is 0.188. The molecule has 0 aromatic heterocycles. The number of halogens is 2. The Balaban J connectivity index is 2.67. The van der Waals surface area contributed by atoms with Gasteiger partial charge < -0.3 is 0 Å². The van der Waals surface area contributed by atoms with Gasteiger partial charge in [-0.1, -0.05) is 6.42 Å². The molecule has 0 aromatic rings. The third kappa shape index (κ3) is 3.63. The normalized spacial score (nSPS) is 28.1. The van der Waals surface area contributed by atoms with Crippen LogP contribution in [0, 0.1) is 11.8 Å². The summed E-state index contributed by atoms with van der Waals surface area (Å²) in [5.41, 5.74) is 0. The van der Waals surface area contributed by atoms with E-state index in [1.54, 1.807) is 0 Å². The molecule has 2 atom stereocenters. The van der Waals surface area contributed by atoms with Gasteiger partial charge in [0.1, 0.15) is 0 Å². The molecule has 0 amide bonds. The molecule has 1 rings (SSSR count). The molecule has 1 aliphatic carbocycles. The quantitative estimate of drug-likeness (QED) is 0.613. The summed E-state index contributed by atoms with van der Waals surface area (Å²) in [5.74, 6) is 1.44. The first kappa shape index (κ1) is 15.3. The lowest BCUT2D eigenvalue weighted by atomic mass is 9.72. The van der Waals surface area contributed by atoms with E-state index in [1.165, 1.54) is 47.6 Å². The fourth-order valence-corrected chi connectivity index (χ4v) is 4.01. The van der Waals surface area contributed by atoms with Crippen molar-refractivity contribution >= 4 is 43.3 Å². The van der Waals surface area contributed by atoms with Crippen LogP contribution in [0.5, 0.6) is 0 Å². The Hall–Kier alpha value is 1.28. The topological polar surface area (TPSA) is 0 Å². The molecule has 0 spiro atoms. The van der Waals surface area contributed by atoms with Crippen molar-refractivity contribution in [1.82, 2.24) is 0 Å². The molecule has 1 saturated carbocycles. The molecule has 0 nitrogen and oxygen atoms in total. The molecular formula is C12H22Cl2S2. The third-order valence-corrected chi connectivity index (χ3v) is 7.89. The maximum atomic E-state index is 6.01. The Kier molecular flexibility index (Phi) is 5.70. The van der Waals surface area contributed by atoms with Gasteiger partial charge in [0.2, 0.25) is 0 Å². The monoisotopic (exact) mass is 300 g/mol. The van der Waals surface area contributed by atoms with Crippen LogP contribution in [-0.2, 0) is 0 Å². The predicted molar refractivity (Wildman–Crippen MR) is 80.5 cm³/mol. The Bertz CT molecular complexity index is 207. The standard InChI is InChI=1S/C12H22Cl2S2/c1-11(2,15-13)9-6-5-7-10(8-9)12(3,4)16-14/h9-10H,5-8H2,1-4H3. The molecule has 0 aromatic carbocycles. The first-order valence-electron chi connectivity index (χ1n) is 5.93. The summed E-state index contributed by atoms with van der Waals surface area (Å²) in [7, 11) is 15.0. The van der Waals surface area contributed by atoms with Gasteiger partial charge in [-0.25, -0.2) is 0 Å². The summed E-state index contributed by atoms with van der Waals surface area (Å²) in [6.45, 7) is 9.05. The summed E-state index contributed by atoms with van der Waals surface area (Å²) >= 11 is 0. The molecule has 2 unspecified atom stereocenters. The van der Waals surface area contributed by atoms with Crippen molar-refractivity contribution in [2.45, 2.75) is 62.9 Å². The lowest BCUT2D eigenvalue weighted by Gasteiger charge is -2.42. The van der Waals surface area contributed by atoms with Gasteiger partial charge in [0, 0.05) is 9.49 Å². The van der Waals surface area contributed by atoms with Crippen molar-refractivity contribution < 1.29 is 0 Å². The molecule has 0 aliphatic heterocycles. The number of hydrogen-bond donors (Lipinski definition) is 0. The summed E-state index contributed by atoms with van der Waals surface area (Å²) in [4.78, 5) is 0. The van der Waals surface area contributed by atoms with Gasteiger partial charge in [0.05, 0.1) is 0 Å². The van der Waals surface area contributed by atoms with E-state index in [1.807, 2.05) is 0 Å². The molecule has 0 N–H and O–H groups in total. The van der Waals surface area contributed by atoms with Crippen molar-refractivity contribution in [2.75, 3.05) is 0 Å². The van der Waals surface area contributed by atoms with Crippen LogP contribution in [0.1, 0.15) is 53.4 Å². The van der Waals surface area contributed by atoms with Crippen LogP contribution in [0.4, 0.5) is 0 Å². The molecule has 1 aliphatic rings. The Morgan fingerprint density at radius 2 is 1.25 bits per heavy atom. The van der Waals surface area contributed by atoms with Crippen molar-refractivity contribution in [3.8, 4) is 0 Å². The fourth-order valence-electron chi connectivity index (χ4n) is 2.58. The van der Waals surface area contributed by atoms with E-state index in [0.29, 0.717) is 0 Å². The fraction of sp³-hybridized carbons (Fsp3) is 1.00. The number of hydrogen-bond acceptors (Lipinski definition) is 2. The van der Waals surface area contributed by atoms with Crippen LogP contribution in [0.3, 0.4) is 0 Å². The molecule has 0 saturated heterocycles. The van der Waals surface area contributed by atoms with E-state index >= 15 is 0 Å². The highest BCUT2D eigenvalue weighted by atomic mass is 35.7. The van der Waals surface area contributed by atoms with Gasteiger partial charge in [-0.15, -0.1) is 0 Å². The molecule has 1 fully saturated rings. The molecule has 0 bridgehead atoms. The van der Waals surface area contributed by atoms with E-state index in [4.69, 9.17) is 21.4 Å². The van der Waals surface area contributed by atoms with Crippen molar-refractivity contribution in [2.24, 2.45) is 11.8 Å². The molecule has 4 heteroatoms. The summed E-state index contributed by atoms with van der Waals surface area (Å²) in [5, 5.41) is 0. The van der Waals surface area contributed by atoms with E-state index in [-0.39, 0.29) is 9.49 Å². The second kappa shape index (κ2) is 5.95. The lowest BCUT2D eigenvalue weighted by Crippen LogP contribution is -2.37. The van der Waals surface area contributed by atoms with E-state index in [0.717, 1.165) is 11.8 Å². The number of rotatable bonds is 4. The van der Waals surface area contributed by atoms with Gasteiger partial charge in [-0.2, -0.15) is 0 Å². The van der Waals surface area contributed by atoms with Crippen molar-refractivity contribution in [3.05, 3.63) is 0 Å². The Labute approximate surface area is 118 Å². The smallest absolute Gasteiger partial charge is 0.0283 e. The van der Waals surface area contributed by atoms with E-state index in [2.05, 4.69) is 27.7 Å². The van der Waals surface area contributed by atoms with Crippen LogP contribution in [-0.4, -0.2) is 9.49 Å². The maximum Gasteiger partial charge on any atom is 0.0283 e. The zero-order chi connectivity index (χ0) is 12.4. The van der Waals surface area contributed by atoms with Gasteiger partial charge in [0.15, 0.2) is 0 Å². The highest BCUT2D eigenvalue weighted by molar-refractivity contribution is 8.22. The van der Waals surface area contributed by atoms with Gasteiger partial charge in [0.25, 0.3) is 0 Å². The molecule has 0 heterocycles. The van der Waals surface area contributed by atoms with E-state index < -0.39 is 0 Å². The zero-order valence-electron chi connectivity index (χ0n) is 10.6. The largest absolute Gasteiger partial charge is 0.0527 e. The van der Waals surface area contributed by atoms with E-state index in [9.17, 15) is 0 Å². The Morgan fingerprint density at radius 1 is 0.875 bits per heavy atom. The highest BCUT2D eigenvalue weighted by Gasteiger charge is 2.39. The van der Waals surface area contributed by atoms with Gasteiger partial charge in [-0.3, -0.25) is 0 Å². The van der Waals surface area contributed by atoms with Crippen LogP contribution >= 0.6 is 43.3 Å². The SMILES string of the molecule is CC(C)(SCl)C1CCCC(C(C)(C)SCl)C1. The predicted octanol–water partition coefficient (Wildman–Crippen LogP) is 6.12. The highest BCUT2D eigenvalue weighted by Crippen LogP contribution is 2.49. The van der Waals surface area contributed by atoms with Crippen LogP contribution in [0.25, 0.3) is 0 Å². The van der Waals surface area contributed by atoms with Gasteiger partial charge in [-0.05, 0) is 102 Å². The second-order valence-electron chi connectivity index (χ2n) is 5.92. The van der Waals surface area contributed by atoms with Crippen molar-refractivity contribution in [1.29, 1.82) is 0 Å². The molecule has 16 heavy (non-hydrogen) atoms. The lowest BCUT2D eigenvalue weighted by molar-refractivity contribution is 0.206. The zero-order valence-corrected chi connectivity index (χ0v) is 13.7. The van der Waals surface area contributed by atoms with Crippen LogP contribution in [0.15, 0.2) is 0 Å². The maximum absolute atomic E-state index is 6.01. The first-order valence-corrected chi connectivity index (χ1v) is 9.21. The minimum Gasteiger partial charge on any atom is -0.0527 e. The third-order valence-electron chi connectivity index (χ3n) is 4.04. The summed E-state index contributed by atoms with van der Waals surface area (Å²) in [6, 6.07) is 0. The van der Waals surface area contributed by atoms with Crippen LogP contribution in [0.2, 0.25) is 0 Å². The Morgan fingerprint density at radius 3 is 1.56 bits per heavy atom. The summed E-state index contributed by atoms with van der Waals surface area (Å²) < 4.78 is 0.376. The average molecular weight is 301 g/mol. The molecule has 96 valence electrons. The van der Waals surface area contributed by atoms with Crippen LogP contribution < -0.4 is 0 Å².